The molecule has 0 aromatic rings. The molecule has 2 unspecified atom stereocenters. The average Bonchev–Trinajstić information content (AvgIpc) is 2.54. The summed E-state index contributed by atoms with van der Waals surface area (Å²) in [6, 6.07) is 2.63. The van der Waals surface area contributed by atoms with Gasteiger partial charge in [-0.3, -0.25) is 9.11 Å². The smallest absolute Gasteiger partial charge is 0.0249 e. The highest BCUT2D eigenvalue weighted by molar-refractivity contribution is 7.85. The molecule has 3 nitrogen and oxygen atoms in total. The summed E-state index contributed by atoms with van der Waals surface area (Å²) in [5, 5.41) is 0. The standard InChI is InChI=1S/C12H22N2OS/c13-9-7-11-1-2-12(8-9)14(11)10-3-5-16(15)6-4-10/h9-12H,1-8,13H2. The molecular weight excluding hydrogens is 220 g/mol. The van der Waals surface area contributed by atoms with Gasteiger partial charge in [-0.05, 0) is 38.5 Å². The van der Waals surface area contributed by atoms with Crippen LogP contribution in [0.4, 0.5) is 0 Å². The van der Waals surface area contributed by atoms with Gasteiger partial charge in [0.05, 0.1) is 0 Å². The summed E-state index contributed by atoms with van der Waals surface area (Å²) < 4.78 is 11.4. The predicted octanol–water partition coefficient (Wildman–Crippen LogP) is 0.852. The zero-order valence-electron chi connectivity index (χ0n) is 9.81. The summed E-state index contributed by atoms with van der Waals surface area (Å²) in [7, 11) is -0.526. The van der Waals surface area contributed by atoms with Crippen molar-refractivity contribution in [1.82, 2.24) is 4.90 Å². The molecule has 3 heterocycles. The van der Waals surface area contributed by atoms with Gasteiger partial charge in [-0.15, -0.1) is 0 Å². The van der Waals surface area contributed by atoms with Crippen LogP contribution in [0.15, 0.2) is 0 Å². The fraction of sp³-hybridized carbons (Fsp3) is 1.00. The minimum atomic E-state index is -0.526. The number of fused-ring (bicyclic) bond motifs is 2. The number of nitrogens with two attached hydrogens (primary N) is 1. The molecule has 16 heavy (non-hydrogen) atoms. The molecule has 4 heteroatoms. The lowest BCUT2D eigenvalue weighted by molar-refractivity contribution is 0.0723. The first-order valence-electron chi connectivity index (χ1n) is 6.62. The maximum absolute atomic E-state index is 11.4. The highest BCUT2D eigenvalue weighted by atomic mass is 32.2. The summed E-state index contributed by atoms with van der Waals surface area (Å²) in [4.78, 5) is 2.75. The number of piperidine rings is 1. The Balaban J connectivity index is 1.69. The molecule has 3 aliphatic rings. The van der Waals surface area contributed by atoms with Crippen LogP contribution < -0.4 is 5.73 Å². The van der Waals surface area contributed by atoms with E-state index in [-0.39, 0.29) is 0 Å². The second kappa shape index (κ2) is 4.39. The molecule has 0 aromatic heterocycles. The SMILES string of the molecule is NC1CC2CCC(C1)N2C1CCS(=O)CC1. The molecule has 0 saturated carbocycles. The van der Waals surface area contributed by atoms with Crippen LogP contribution in [0, 0.1) is 0 Å². The van der Waals surface area contributed by atoms with Gasteiger partial charge in [-0.1, -0.05) is 0 Å². The molecule has 0 aliphatic carbocycles. The van der Waals surface area contributed by atoms with Crippen LogP contribution in [-0.2, 0) is 10.8 Å². The Labute approximate surface area is 100 Å². The second-order valence-corrected chi connectivity index (χ2v) is 7.34. The maximum atomic E-state index is 11.4. The van der Waals surface area contributed by atoms with Crippen LogP contribution in [0.1, 0.15) is 38.5 Å². The summed E-state index contributed by atoms with van der Waals surface area (Å²) >= 11 is 0. The normalized spacial score (nSPS) is 49.4. The van der Waals surface area contributed by atoms with Crippen molar-refractivity contribution in [2.24, 2.45) is 5.73 Å². The molecule has 3 fully saturated rings. The first-order valence-corrected chi connectivity index (χ1v) is 8.11. The molecule has 0 aromatic carbocycles. The van der Waals surface area contributed by atoms with Crippen LogP contribution in [0.2, 0.25) is 0 Å². The van der Waals surface area contributed by atoms with Crippen LogP contribution in [0.5, 0.6) is 0 Å². The van der Waals surface area contributed by atoms with E-state index < -0.39 is 10.8 Å². The molecule has 2 atom stereocenters. The quantitative estimate of drug-likeness (QED) is 0.741. The molecule has 0 spiro atoms. The predicted molar refractivity (Wildman–Crippen MR) is 66.8 cm³/mol. The van der Waals surface area contributed by atoms with Crippen molar-refractivity contribution < 1.29 is 4.21 Å². The van der Waals surface area contributed by atoms with E-state index in [2.05, 4.69) is 4.90 Å². The van der Waals surface area contributed by atoms with E-state index in [1.165, 1.54) is 25.7 Å². The molecule has 3 rings (SSSR count). The lowest BCUT2D eigenvalue weighted by Gasteiger charge is -2.44. The first-order chi connectivity index (χ1) is 7.74. The third-order valence-corrected chi connectivity index (χ3v) is 5.99. The Hall–Kier alpha value is 0.0700. The molecule has 0 amide bonds. The van der Waals surface area contributed by atoms with E-state index in [4.69, 9.17) is 5.73 Å². The molecular formula is C12H22N2OS. The van der Waals surface area contributed by atoms with Gasteiger partial charge in [-0.2, -0.15) is 0 Å². The van der Waals surface area contributed by atoms with Gasteiger partial charge in [0.2, 0.25) is 0 Å². The van der Waals surface area contributed by atoms with Crippen molar-refractivity contribution in [3.8, 4) is 0 Å². The van der Waals surface area contributed by atoms with E-state index in [1.807, 2.05) is 0 Å². The average molecular weight is 242 g/mol. The number of nitrogens with zero attached hydrogens (tertiary/aromatic N) is 1. The second-order valence-electron chi connectivity index (χ2n) is 5.64. The molecule has 3 saturated heterocycles. The minimum absolute atomic E-state index is 0.437. The van der Waals surface area contributed by atoms with Gasteiger partial charge >= 0.3 is 0 Å². The monoisotopic (exact) mass is 242 g/mol. The van der Waals surface area contributed by atoms with Gasteiger partial charge in [0.15, 0.2) is 0 Å². The van der Waals surface area contributed by atoms with E-state index in [0.717, 1.165) is 36.4 Å². The maximum Gasteiger partial charge on any atom is 0.0249 e. The van der Waals surface area contributed by atoms with E-state index in [1.54, 1.807) is 0 Å². The number of rotatable bonds is 1. The Kier molecular flexibility index (Phi) is 3.07. The van der Waals surface area contributed by atoms with Crippen molar-refractivity contribution in [2.75, 3.05) is 11.5 Å². The minimum Gasteiger partial charge on any atom is -0.328 e. The third-order valence-electron chi connectivity index (χ3n) is 4.61. The Morgan fingerprint density at radius 2 is 1.50 bits per heavy atom. The summed E-state index contributed by atoms with van der Waals surface area (Å²) in [5.74, 6) is 1.85. The van der Waals surface area contributed by atoms with Crippen molar-refractivity contribution in [2.45, 2.75) is 62.7 Å². The summed E-state index contributed by atoms with van der Waals surface area (Å²) in [5.41, 5.74) is 6.09. The highest BCUT2D eigenvalue weighted by Crippen LogP contribution is 2.38. The van der Waals surface area contributed by atoms with Gasteiger partial charge in [0, 0.05) is 46.5 Å². The van der Waals surface area contributed by atoms with E-state index in [9.17, 15) is 4.21 Å². The van der Waals surface area contributed by atoms with Crippen molar-refractivity contribution >= 4 is 10.8 Å². The van der Waals surface area contributed by atoms with Crippen molar-refractivity contribution in [1.29, 1.82) is 0 Å². The molecule has 92 valence electrons. The largest absolute Gasteiger partial charge is 0.328 e. The van der Waals surface area contributed by atoms with E-state index in [0.29, 0.717) is 12.1 Å². The van der Waals surface area contributed by atoms with Crippen LogP contribution in [0.25, 0.3) is 0 Å². The fourth-order valence-corrected chi connectivity index (χ4v) is 5.21. The summed E-state index contributed by atoms with van der Waals surface area (Å²) in [6.45, 7) is 0. The number of hydrogen-bond acceptors (Lipinski definition) is 3. The lowest BCUT2D eigenvalue weighted by atomic mass is 9.94. The first kappa shape index (κ1) is 11.2. The molecule has 2 N–H and O–H groups in total. The zero-order valence-corrected chi connectivity index (χ0v) is 10.6. The number of hydrogen-bond donors (Lipinski definition) is 1. The highest BCUT2D eigenvalue weighted by Gasteiger charge is 2.43. The molecule has 0 radical (unpaired) electrons. The zero-order chi connectivity index (χ0) is 11.1. The topological polar surface area (TPSA) is 46.3 Å². The molecule has 3 aliphatic heterocycles. The van der Waals surface area contributed by atoms with Gasteiger partial charge in [0.1, 0.15) is 0 Å². The van der Waals surface area contributed by atoms with Gasteiger partial charge < -0.3 is 5.73 Å². The van der Waals surface area contributed by atoms with Crippen LogP contribution in [0.3, 0.4) is 0 Å². The van der Waals surface area contributed by atoms with Crippen molar-refractivity contribution in [3.63, 3.8) is 0 Å². The summed E-state index contributed by atoms with van der Waals surface area (Å²) in [6.07, 6.45) is 7.37. The Bertz CT molecular complexity index is 273. The lowest BCUT2D eigenvalue weighted by Crippen LogP contribution is -2.53. The van der Waals surface area contributed by atoms with Gasteiger partial charge in [-0.25, -0.2) is 0 Å². The van der Waals surface area contributed by atoms with E-state index >= 15 is 0 Å². The Morgan fingerprint density at radius 1 is 0.938 bits per heavy atom. The molecule has 2 bridgehead atoms. The van der Waals surface area contributed by atoms with Gasteiger partial charge in [0.25, 0.3) is 0 Å². The fourth-order valence-electron chi connectivity index (χ4n) is 3.93. The van der Waals surface area contributed by atoms with Crippen LogP contribution in [-0.4, -0.2) is 44.8 Å². The van der Waals surface area contributed by atoms with Crippen LogP contribution >= 0.6 is 0 Å². The third kappa shape index (κ3) is 1.95. The van der Waals surface area contributed by atoms with Crippen molar-refractivity contribution in [3.05, 3.63) is 0 Å². The Morgan fingerprint density at radius 3 is 2.06 bits per heavy atom.